The molecular formula is C22H16N2O2. The summed E-state index contributed by atoms with van der Waals surface area (Å²) in [5.74, 6) is 2.97. The molecule has 0 radical (unpaired) electrons. The predicted molar refractivity (Wildman–Crippen MR) is 101 cm³/mol. The Kier molecular flexibility index (Phi) is 4.56. The maximum atomic E-state index is 5.87. The van der Waals surface area contributed by atoms with Gasteiger partial charge in [-0.25, -0.2) is 0 Å². The molecule has 26 heavy (non-hydrogen) atoms. The molecule has 0 aliphatic heterocycles. The van der Waals surface area contributed by atoms with E-state index in [9.17, 15) is 0 Å². The molecule has 0 N–H and O–H groups in total. The topological polar surface area (TPSA) is 44.2 Å². The second kappa shape index (κ2) is 7.49. The predicted octanol–water partition coefficient (Wildman–Crippen LogP) is 5.73. The van der Waals surface area contributed by atoms with E-state index < -0.39 is 0 Å². The van der Waals surface area contributed by atoms with Crippen molar-refractivity contribution in [2.24, 2.45) is 0 Å². The lowest BCUT2D eigenvalue weighted by Gasteiger charge is -2.08. The molecule has 126 valence electrons. The molecule has 4 aromatic rings. The zero-order valence-corrected chi connectivity index (χ0v) is 13.9. The van der Waals surface area contributed by atoms with Crippen molar-refractivity contribution in [3.63, 3.8) is 0 Å². The average Bonchev–Trinajstić information content (AvgIpc) is 2.70. The van der Waals surface area contributed by atoms with Crippen LogP contribution in [-0.4, -0.2) is 9.97 Å². The van der Waals surface area contributed by atoms with Gasteiger partial charge in [0.2, 0.25) is 0 Å². The molecule has 0 atom stereocenters. The summed E-state index contributed by atoms with van der Waals surface area (Å²) in [5.41, 5.74) is 1.44. The van der Waals surface area contributed by atoms with Crippen molar-refractivity contribution >= 4 is 0 Å². The van der Waals surface area contributed by atoms with Gasteiger partial charge in [-0.05, 0) is 36.4 Å². The highest BCUT2D eigenvalue weighted by Crippen LogP contribution is 2.27. The van der Waals surface area contributed by atoms with Crippen molar-refractivity contribution in [2.75, 3.05) is 0 Å². The number of pyridine rings is 2. The highest BCUT2D eigenvalue weighted by Gasteiger charge is 2.06. The quantitative estimate of drug-likeness (QED) is 0.465. The van der Waals surface area contributed by atoms with Crippen LogP contribution in [0.1, 0.15) is 0 Å². The van der Waals surface area contributed by atoms with Gasteiger partial charge in [0, 0.05) is 24.5 Å². The lowest BCUT2D eigenvalue weighted by atomic mass is 10.2. The Morgan fingerprint density at radius 1 is 0.462 bits per heavy atom. The second-order valence-corrected chi connectivity index (χ2v) is 5.58. The first-order chi connectivity index (χ1) is 12.9. The molecule has 0 aliphatic carbocycles. The Hall–Kier alpha value is -3.66. The van der Waals surface area contributed by atoms with Crippen LogP contribution >= 0.6 is 0 Å². The largest absolute Gasteiger partial charge is 0.457 e. The molecule has 0 spiro atoms. The van der Waals surface area contributed by atoms with Gasteiger partial charge in [-0.1, -0.05) is 36.4 Å². The van der Waals surface area contributed by atoms with Gasteiger partial charge in [0.25, 0.3) is 0 Å². The maximum Gasteiger partial charge on any atom is 0.131 e. The standard InChI is InChI=1S/C22H16N2O2/c1-3-7-17(8-4-1)25-19-11-13-23-21(15-19)22-16-20(12-14-24-22)26-18-9-5-2-6-10-18/h1-16H. The lowest BCUT2D eigenvalue weighted by molar-refractivity contribution is 0.481. The van der Waals surface area contributed by atoms with Crippen molar-refractivity contribution in [2.45, 2.75) is 0 Å². The number of benzene rings is 2. The van der Waals surface area contributed by atoms with E-state index in [0.29, 0.717) is 11.5 Å². The highest BCUT2D eigenvalue weighted by molar-refractivity contribution is 5.58. The van der Waals surface area contributed by atoms with Gasteiger partial charge >= 0.3 is 0 Å². The van der Waals surface area contributed by atoms with E-state index in [2.05, 4.69) is 9.97 Å². The summed E-state index contributed by atoms with van der Waals surface area (Å²) >= 11 is 0. The molecule has 0 saturated carbocycles. The van der Waals surface area contributed by atoms with Crippen LogP contribution in [0.2, 0.25) is 0 Å². The Bertz CT molecular complexity index is 906. The van der Waals surface area contributed by atoms with Crippen LogP contribution in [0.3, 0.4) is 0 Å². The number of ether oxygens (including phenoxy) is 2. The molecule has 2 aromatic carbocycles. The van der Waals surface area contributed by atoms with Crippen LogP contribution in [0, 0.1) is 0 Å². The van der Waals surface area contributed by atoms with Crippen LogP contribution in [0.5, 0.6) is 23.0 Å². The normalized spacial score (nSPS) is 10.3. The fourth-order valence-electron chi connectivity index (χ4n) is 2.48. The van der Waals surface area contributed by atoms with E-state index in [0.717, 1.165) is 22.9 Å². The first-order valence-corrected chi connectivity index (χ1v) is 8.25. The maximum absolute atomic E-state index is 5.87. The van der Waals surface area contributed by atoms with Gasteiger partial charge in [-0.3, -0.25) is 9.97 Å². The van der Waals surface area contributed by atoms with E-state index in [-0.39, 0.29) is 0 Å². The summed E-state index contributed by atoms with van der Waals surface area (Å²) in [6.45, 7) is 0. The van der Waals surface area contributed by atoms with Crippen molar-refractivity contribution in [3.05, 3.63) is 97.3 Å². The molecule has 4 rings (SSSR count). The summed E-state index contributed by atoms with van der Waals surface area (Å²) in [6.07, 6.45) is 3.42. The third-order valence-electron chi connectivity index (χ3n) is 3.68. The Labute approximate surface area is 151 Å². The fourth-order valence-corrected chi connectivity index (χ4v) is 2.48. The third kappa shape index (κ3) is 3.87. The van der Waals surface area contributed by atoms with Gasteiger partial charge < -0.3 is 9.47 Å². The lowest BCUT2D eigenvalue weighted by Crippen LogP contribution is -1.91. The number of aromatic nitrogens is 2. The molecule has 2 heterocycles. The molecule has 4 heteroatoms. The van der Waals surface area contributed by atoms with Crippen LogP contribution in [0.25, 0.3) is 11.4 Å². The molecule has 0 aliphatic rings. The molecular weight excluding hydrogens is 324 g/mol. The summed E-state index contributed by atoms with van der Waals surface area (Å²) in [5, 5.41) is 0. The zero-order valence-electron chi connectivity index (χ0n) is 13.9. The molecule has 4 nitrogen and oxygen atoms in total. The Balaban J connectivity index is 1.57. The number of hydrogen-bond donors (Lipinski definition) is 0. The van der Waals surface area contributed by atoms with E-state index in [1.807, 2.05) is 84.9 Å². The van der Waals surface area contributed by atoms with Crippen LogP contribution in [-0.2, 0) is 0 Å². The smallest absolute Gasteiger partial charge is 0.131 e. The minimum absolute atomic E-state index is 0.706. The number of hydrogen-bond acceptors (Lipinski definition) is 4. The summed E-state index contributed by atoms with van der Waals surface area (Å²) in [4.78, 5) is 8.80. The monoisotopic (exact) mass is 340 g/mol. The van der Waals surface area contributed by atoms with Crippen LogP contribution in [0.4, 0.5) is 0 Å². The number of nitrogens with zero attached hydrogens (tertiary/aromatic N) is 2. The summed E-state index contributed by atoms with van der Waals surface area (Å²) in [6, 6.07) is 26.6. The molecule has 0 amide bonds. The van der Waals surface area contributed by atoms with E-state index >= 15 is 0 Å². The molecule has 0 fully saturated rings. The third-order valence-corrected chi connectivity index (χ3v) is 3.68. The van der Waals surface area contributed by atoms with Gasteiger partial charge in [-0.15, -0.1) is 0 Å². The van der Waals surface area contributed by atoms with Crippen LogP contribution in [0.15, 0.2) is 97.3 Å². The van der Waals surface area contributed by atoms with Crippen molar-refractivity contribution in [1.29, 1.82) is 0 Å². The van der Waals surface area contributed by atoms with E-state index in [1.165, 1.54) is 0 Å². The first kappa shape index (κ1) is 15.8. The zero-order chi connectivity index (χ0) is 17.6. The number of rotatable bonds is 5. The van der Waals surface area contributed by atoms with Crippen molar-refractivity contribution in [3.8, 4) is 34.4 Å². The highest BCUT2D eigenvalue weighted by atomic mass is 16.5. The van der Waals surface area contributed by atoms with Crippen molar-refractivity contribution < 1.29 is 9.47 Å². The van der Waals surface area contributed by atoms with Gasteiger partial charge in [0.15, 0.2) is 0 Å². The fraction of sp³-hybridized carbons (Fsp3) is 0. The van der Waals surface area contributed by atoms with E-state index in [1.54, 1.807) is 12.4 Å². The summed E-state index contributed by atoms with van der Waals surface area (Å²) in [7, 11) is 0. The first-order valence-electron chi connectivity index (χ1n) is 8.25. The molecule has 0 saturated heterocycles. The number of para-hydroxylation sites is 2. The minimum Gasteiger partial charge on any atom is -0.457 e. The van der Waals surface area contributed by atoms with Crippen molar-refractivity contribution in [1.82, 2.24) is 9.97 Å². The molecule has 2 aromatic heterocycles. The molecule has 0 bridgehead atoms. The van der Waals surface area contributed by atoms with E-state index in [4.69, 9.17) is 9.47 Å². The Morgan fingerprint density at radius 2 is 0.885 bits per heavy atom. The SMILES string of the molecule is c1ccc(Oc2ccnc(-c3cc(Oc4ccccc4)ccn3)c2)cc1. The Morgan fingerprint density at radius 3 is 1.31 bits per heavy atom. The molecule has 0 unspecified atom stereocenters. The van der Waals surface area contributed by atoms with Gasteiger partial charge in [0.05, 0.1) is 11.4 Å². The average molecular weight is 340 g/mol. The van der Waals surface area contributed by atoms with Gasteiger partial charge in [0.1, 0.15) is 23.0 Å². The second-order valence-electron chi connectivity index (χ2n) is 5.58. The minimum atomic E-state index is 0.706. The van der Waals surface area contributed by atoms with Crippen LogP contribution < -0.4 is 9.47 Å². The van der Waals surface area contributed by atoms with Gasteiger partial charge in [-0.2, -0.15) is 0 Å². The summed E-state index contributed by atoms with van der Waals surface area (Å²) < 4.78 is 11.7.